The maximum atomic E-state index is 12.1. The fourth-order valence-corrected chi connectivity index (χ4v) is 5.19. The van der Waals surface area contributed by atoms with Crippen LogP contribution < -0.4 is 0 Å². The van der Waals surface area contributed by atoms with Crippen LogP contribution in [0.15, 0.2) is 0 Å². The van der Waals surface area contributed by atoms with Crippen molar-refractivity contribution in [2.24, 2.45) is 5.41 Å². The number of hydrogen-bond donors (Lipinski definition) is 0. The number of sulfone groups is 1. The van der Waals surface area contributed by atoms with Gasteiger partial charge in [-0.1, -0.05) is 20.8 Å². The molecule has 0 unspecified atom stereocenters. The molecular formula is C10H18O2S. The predicted octanol–water partition coefficient (Wildman–Crippen LogP) is 2.14. The van der Waals surface area contributed by atoms with Gasteiger partial charge in [0.25, 0.3) is 0 Å². The molecule has 2 saturated carbocycles. The Morgan fingerprint density at radius 1 is 1.15 bits per heavy atom. The Balaban J connectivity index is 2.35. The topological polar surface area (TPSA) is 34.1 Å². The fourth-order valence-electron chi connectivity index (χ4n) is 2.27. The molecule has 0 amide bonds. The van der Waals surface area contributed by atoms with Gasteiger partial charge in [-0.15, -0.1) is 0 Å². The zero-order chi connectivity index (χ0) is 9.91. The summed E-state index contributed by atoms with van der Waals surface area (Å²) in [7, 11) is -2.81. The van der Waals surface area contributed by atoms with Gasteiger partial charge in [0.2, 0.25) is 0 Å². The van der Waals surface area contributed by atoms with Crippen LogP contribution in [0.2, 0.25) is 0 Å². The number of hydrogen-bond acceptors (Lipinski definition) is 2. The summed E-state index contributed by atoms with van der Waals surface area (Å²) >= 11 is 0. The molecule has 0 atom stereocenters. The van der Waals surface area contributed by atoms with Gasteiger partial charge in [0.15, 0.2) is 9.84 Å². The van der Waals surface area contributed by atoms with Crippen molar-refractivity contribution in [1.29, 1.82) is 0 Å². The summed E-state index contributed by atoms with van der Waals surface area (Å²) in [4.78, 5) is 0. The number of rotatable bonds is 2. The highest BCUT2D eigenvalue weighted by Crippen LogP contribution is 2.59. The van der Waals surface area contributed by atoms with Gasteiger partial charge >= 0.3 is 0 Å². The largest absolute Gasteiger partial charge is 0.228 e. The molecule has 0 radical (unpaired) electrons. The Morgan fingerprint density at radius 3 is 1.85 bits per heavy atom. The molecule has 0 spiro atoms. The van der Waals surface area contributed by atoms with Crippen molar-refractivity contribution in [2.45, 2.75) is 56.5 Å². The Kier molecular flexibility index (Phi) is 1.68. The normalized spacial score (nSPS) is 27.3. The Labute approximate surface area is 80.6 Å². The third-order valence-corrected chi connectivity index (χ3v) is 7.04. The minimum atomic E-state index is -2.81. The molecule has 2 aliphatic rings. The second kappa shape index (κ2) is 2.30. The van der Waals surface area contributed by atoms with E-state index in [1.54, 1.807) is 0 Å². The monoisotopic (exact) mass is 202 g/mol. The van der Waals surface area contributed by atoms with Crippen LogP contribution in [-0.4, -0.2) is 18.4 Å². The summed E-state index contributed by atoms with van der Waals surface area (Å²) in [5.74, 6) is 0. The molecule has 13 heavy (non-hydrogen) atoms. The first-order valence-electron chi connectivity index (χ1n) is 5.05. The SMILES string of the molecule is CC(C)(C)C1(S(=O)(=O)C2CC2)CC1. The van der Waals surface area contributed by atoms with Crippen LogP contribution in [0.4, 0.5) is 0 Å². The molecule has 3 heteroatoms. The van der Waals surface area contributed by atoms with Crippen LogP contribution in [0.25, 0.3) is 0 Å². The summed E-state index contributed by atoms with van der Waals surface area (Å²) < 4.78 is 23.9. The van der Waals surface area contributed by atoms with Gasteiger partial charge in [-0.3, -0.25) is 0 Å². The second-order valence-corrected chi connectivity index (χ2v) is 8.03. The van der Waals surface area contributed by atoms with Crippen LogP contribution >= 0.6 is 0 Å². The van der Waals surface area contributed by atoms with Crippen molar-refractivity contribution >= 4 is 9.84 Å². The lowest BCUT2D eigenvalue weighted by atomic mass is 9.90. The van der Waals surface area contributed by atoms with Gasteiger partial charge in [-0.2, -0.15) is 0 Å². The first kappa shape index (κ1) is 9.50. The van der Waals surface area contributed by atoms with Crippen LogP contribution in [0.1, 0.15) is 46.5 Å². The zero-order valence-corrected chi connectivity index (χ0v) is 9.45. The van der Waals surface area contributed by atoms with Crippen LogP contribution in [-0.2, 0) is 9.84 Å². The zero-order valence-electron chi connectivity index (χ0n) is 8.63. The summed E-state index contributed by atoms with van der Waals surface area (Å²) in [5.41, 5.74) is -0.0750. The van der Waals surface area contributed by atoms with Crippen molar-refractivity contribution in [3.8, 4) is 0 Å². The van der Waals surface area contributed by atoms with Crippen LogP contribution in [0.5, 0.6) is 0 Å². The lowest BCUT2D eigenvalue weighted by molar-refractivity contribution is 0.362. The van der Waals surface area contributed by atoms with Crippen molar-refractivity contribution < 1.29 is 8.42 Å². The highest BCUT2D eigenvalue weighted by atomic mass is 32.2. The first-order valence-corrected chi connectivity index (χ1v) is 6.59. The van der Waals surface area contributed by atoms with Gasteiger partial charge in [0.1, 0.15) is 0 Å². The molecule has 0 aromatic heterocycles. The molecule has 0 saturated heterocycles. The fraction of sp³-hybridized carbons (Fsp3) is 1.00. The van der Waals surface area contributed by atoms with E-state index < -0.39 is 9.84 Å². The second-order valence-electron chi connectivity index (χ2n) is 5.49. The lowest BCUT2D eigenvalue weighted by Crippen LogP contribution is -2.39. The van der Waals surface area contributed by atoms with Gasteiger partial charge in [0.05, 0.1) is 10.00 Å². The van der Waals surface area contributed by atoms with Crippen molar-refractivity contribution in [3.05, 3.63) is 0 Å². The first-order chi connectivity index (χ1) is 5.81. The summed E-state index contributed by atoms with van der Waals surface area (Å²) in [6, 6.07) is 0. The Hall–Kier alpha value is -0.0500. The molecule has 2 fully saturated rings. The molecule has 0 aliphatic heterocycles. The molecule has 0 aromatic rings. The van der Waals surface area contributed by atoms with Crippen molar-refractivity contribution in [1.82, 2.24) is 0 Å². The third-order valence-electron chi connectivity index (χ3n) is 3.58. The molecule has 2 rings (SSSR count). The summed E-state index contributed by atoms with van der Waals surface area (Å²) in [6.45, 7) is 6.17. The van der Waals surface area contributed by atoms with Gasteiger partial charge < -0.3 is 0 Å². The van der Waals surface area contributed by atoms with Crippen LogP contribution in [0.3, 0.4) is 0 Å². The minimum absolute atomic E-state index is 0.00854. The Bertz CT molecular complexity index is 313. The minimum Gasteiger partial charge on any atom is -0.228 e. The van der Waals surface area contributed by atoms with E-state index >= 15 is 0 Å². The van der Waals surface area contributed by atoms with E-state index in [4.69, 9.17) is 0 Å². The van der Waals surface area contributed by atoms with E-state index in [0.717, 1.165) is 25.7 Å². The summed E-state index contributed by atoms with van der Waals surface area (Å²) in [6.07, 6.45) is 3.57. The van der Waals surface area contributed by atoms with E-state index in [0.29, 0.717) is 0 Å². The van der Waals surface area contributed by atoms with Crippen molar-refractivity contribution in [3.63, 3.8) is 0 Å². The quantitative estimate of drug-likeness (QED) is 0.687. The molecular weight excluding hydrogens is 184 g/mol. The summed E-state index contributed by atoms with van der Waals surface area (Å²) in [5, 5.41) is 0.00854. The highest BCUT2D eigenvalue weighted by Gasteiger charge is 2.64. The molecule has 2 aliphatic carbocycles. The molecule has 0 aromatic carbocycles. The average molecular weight is 202 g/mol. The van der Waals surface area contributed by atoms with Gasteiger partial charge in [-0.25, -0.2) is 8.42 Å². The standard InChI is InChI=1S/C10H18O2S/c1-9(2,3)10(6-7-10)13(11,12)8-4-5-8/h8H,4-7H2,1-3H3. The lowest BCUT2D eigenvalue weighted by Gasteiger charge is -2.30. The molecule has 0 N–H and O–H groups in total. The van der Waals surface area contributed by atoms with E-state index in [9.17, 15) is 8.42 Å². The molecule has 2 nitrogen and oxygen atoms in total. The van der Waals surface area contributed by atoms with E-state index in [1.165, 1.54) is 0 Å². The highest BCUT2D eigenvalue weighted by molar-refractivity contribution is 7.94. The van der Waals surface area contributed by atoms with E-state index in [1.807, 2.05) is 0 Å². The molecule has 0 heterocycles. The predicted molar refractivity (Wildman–Crippen MR) is 53.4 cm³/mol. The maximum Gasteiger partial charge on any atom is 0.159 e. The average Bonchev–Trinajstić information content (AvgIpc) is 2.82. The van der Waals surface area contributed by atoms with Gasteiger partial charge in [-0.05, 0) is 31.1 Å². The Morgan fingerprint density at radius 2 is 1.62 bits per heavy atom. The van der Waals surface area contributed by atoms with E-state index in [2.05, 4.69) is 20.8 Å². The van der Waals surface area contributed by atoms with Gasteiger partial charge in [0, 0.05) is 0 Å². The molecule has 76 valence electrons. The smallest absolute Gasteiger partial charge is 0.159 e. The molecule has 0 bridgehead atoms. The third kappa shape index (κ3) is 1.16. The maximum absolute atomic E-state index is 12.1. The van der Waals surface area contributed by atoms with Crippen LogP contribution in [0, 0.1) is 5.41 Å². The van der Waals surface area contributed by atoms with E-state index in [-0.39, 0.29) is 15.4 Å². The van der Waals surface area contributed by atoms with Crippen molar-refractivity contribution in [2.75, 3.05) is 0 Å².